The summed E-state index contributed by atoms with van der Waals surface area (Å²) < 4.78 is 26.5. The van der Waals surface area contributed by atoms with Gasteiger partial charge in [-0.1, -0.05) is 12.1 Å². The molecule has 0 atom stereocenters. The van der Waals surface area contributed by atoms with Gasteiger partial charge in [0.05, 0.1) is 10.6 Å². The van der Waals surface area contributed by atoms with Crippen LogP contribution in [0, 0.1) is 6.92 Å². The molecule has 4 nitrogen and oxygen atoms in total. The molecule has 112 valence electrons. The molecule has 0 saturated heterocycles. The van der Waals surface area contributed by atoms with E-state index in [4.69, 9.17) is 0 Å². The first-order chi connectivity index (χ1) is 9.95. The number of anilines is 2. The first-order valence-electron chi connectivity index (χ1n) is 6.84. The molecule has 5 heteroatoms. The lowest BCUT2D eigenvalue weighted by molar-refractivity contribution is 0.594. The third-order valence-electron chi connectivity index (χ3n) is 3.26. The zero-order chi connectivity index (χ0) is 15.5. The third-order valence-corrected chi connectivity index (χ3v) is 5.06. The average Bonchev–Trinajstić information content (AvgIpc) is 2.47. The van der Waals surface area contributed by atoms with Crippen LogP contribution in [0.1, 0.15) is 12.5 Å². The molecule has 0 radical (unpaired) electrons. The van der Waals surface area contributed by atoms with Gasteiger partial charge in [0.2, 0.25) is 0 Å². The van der Waals surface area contributed by atoms with E-state index in [9.17, 15) is 8.42 Å². The van der Waals surface area contributed by atoms with E-state index in [1.54, 1.807) is 37.4 Å². The van der Waals surface area contributed by atoms with Crippen LogP contribution in [0.5, 0.6) is 0 Å². The smallest absolute Gasteiger partial charge is 0.264 e. The summed E-state index contributed by atoms with van der Waals surface area (Å²) in [6.07, 6.45) is 0. The number of hydrogen-bond acceptors (Lipinski definition) is 3. The van der Waals surface area contributed by atoms with Crippen LogP contribution in [0.25, 0.3) is 0 Å². The predicted molar refractivity (Wildman–Crippen MR) is 87.4 cm³/mol. The number of rotatable bonds is 5. The monoisotopic (exact) mass is 304 g/mol. The Bertz CT molecular complexity index is 709. The van der Waals surface area contributed by atoms with Gasteiger partial charge < -0.3 is 5.32 Å². The Morgan fingerprint density at radius 2 is 1.76 bits per heavy atom. The molecular formula is C16H20N2O2S. The molecule has 0 heterocycles. The maximum Gasteiger partial charge on any atom is 0.264 e. The van der Waals surface area contributed by atoms with E-state index in [1.807, 2.05) is 32.0 Å². The summed E-state index contributed by atoms with van der Waals surface area (Å²) >= 11 is 0. The second-order valence-corrected chi connectivity index (χ2v) is 6.84. The Balaban J connectivity index is 2.32. The molecule has 0 aliphatic rings. The lowest BCUT2D eigenvalue weighted by Crippen LogP contribution is -2.26. The van der Waals surface area contributed by atoms with Gasteiger partial charge in [-0.25, -0.2) is 8.42 Å². The van der Waals surface area contributed by atoms with Gasteiger partial charge >= 0.3 is 0 Å². The second-order valence-electron chi connectivity index (χ2n) is 4.87. The molecule has 0 aliphatic heterocycles. The molecule has 1 N–H and O–H groups in total. The Morgan fingerprint density at radius 1 is 1.10 bits per heavy atom. The van der Waals surface area contributed by atoms with Gasteiger partial charge in [-0.2, -0.15) is 0 Å². The van der Waals surface area contributed by atoms with Crippen molar-refractivity contribution in [3.05, 3.63) is 54.1 Å². The molecule has 0 unspecified atom stereocenters. The van der Waals surface area contributed by atoms with Gasteiger partial charge in [0.15, 0.2) is 0 Å². The summed E-state index contributed by atoms with van der Waals surface area (Å²) in [6.45, 7) is 4.74. The van der Waals surface area contributed by atoms with Gasteiger partial charge in [-0.15, -0.1) is 0 Å². The van der Waals surface area contributed by atoms with Crippen LogP contribution in [0.3, 0.4) is 0 Å². The van der Waals surface area contributed by atoms with E-state index in [-0.39, 0.29) is 4.90 Å². The summed E-state index contributed by atoms with van der Waals surface area (Å²) in [5.74, 6) is 0. The molecule has 2 aromatic rings. The maximum atomic E-state index is 12.6. The number of sulfonamides is 1. The largest absolute Gasteiger partial charge is 0.385 e. The van der Waals surface area contributed by atoms with Crippen molar-refractivity contribution in [3.8, 4) is 0 Å². The van der Waals surface area contributed by atoms with Crippen LogP contribution < -0.4 is 9.62 Å². The maximum absolute atomic E-state index is 12.6. The molecule has 21 heavy (non-hydrogen) atoms. The summed E-state index contributed by atoms with van der Waals surface area (Å²) in [5.41, 5.74) is 2.59. The molecule has 0 aliphatic carbocycles. The summed E-state index contributed by atoms with van der Waals surface area (Å²) in [7, 11) is -1.96. The van der Waals surface area contributed by atoms with E-state index in [1.165, 1.54) is 4.31 Å². The summed E-state index contributed by atoms with van der Waals surface area (Å²) in [5, 5.41) is 3.15. The van der Waals surface area contributed by atoms with E-state index >= 15 is 0 Å². The molecule has 0 saturated carbocycles. The van der Waals surface area contributed by atoms with E-state index < -0.39 is 10.0 Å². The highest BCUT2D eigenvalue weighted by Crippen LogP contribution is 2.23. The van der Waals surface area contributed by atoms with Crippen LogP contribution in [-0.4, -0.2) is 22.0 Å². The highest BCUT2D eigenvalue weighted by Gasteiger charge is 2.21. The number of nitrogens with zero attached hydrogens (tertiary/aromatic N) is 1. The topological polar surface area (TPSA) is 49.4 Å². The number of hydrogen-bond donors (Lipinski definition) is 1. The summed E-state index contributed by atoms with van der Waals surface area (Å²) in [4.78, 5) is 0.285. The molecule has 2 aromatic carbocycles. The van der Waals surface area contributed by atoms with Crippen LogP contribution in [0.15, 0.2) is 53.4 Å². The summed E-state index contributed by atoms with van der Waals surface area (Å²) in [6, 6.07) is 14.2. The molecule has 0 aromatic heterocycles. The van der Waals surface area contributed by atoms with Crippen LogP contribution in [0.4, 0.5) is 11.4 Å². The highest BCUT2D eigenvalue weighted by atomic mass is 32.2. The van der Waals surface area contributed by atoms with Gasteiger partial charge in [0.1, 0.15) is 0 Å². The van der Waals surface area contributed by atoms with Crippen LogP contribution in [0.2, 0.25) is 0 Å². The van der Waals surface area contributed by atoms with E-state index in [0.717, 1.165) is 17.8 Å². The van der Waals surface area contributed by atoms with Gasteiger partial charge in [-0.3, -0.25) is 4.31 Å². The van der Waals surface area contributed by atoms with Crippen molar-refractivity contribution in [1.29, 1.82) is 0 Å². The molecule has 0 bridgehead atoms. The standard InChI is InChI=1S/C16H20N2O2S/c1-4-17-14-8-10-16(11-9-14)21(19,20)18(3)15-7-5-6-13(2)12-15/h5-12,17H,4H2,1-3H3. The van der Waals surface area contributed by atoms with Crippen molar-refractivity contribution in [1.82, 2.24) is 0 Å². The van der Waals surface area contributed by atoms with Crippen molar-refractivity contribution >= 4 is 21.4 Å². The normalized spacial score (nSPS) is 11.2. The third kappa shape index (κ3) is 3.36. The van der Waals surface area contributed by atoms with Crippen molar-refractivity contribution in [2.24, 2.45) is 0 Å². The molecule has 2 rings (SSSR count). The Morgan fingerprint density at radius 3 is 2.33 bits per heavy atom. The fraction of sp³-hybridized carbons (Fsp3) is 0.250. The van der Waals surface area contributed by atoms with Crippen LogP contribution >= 0.6 is 0 Å². The first-order valence-corrected chi connectivity index (χ1v) is 8.28. The zero-order valence-corrected chi connectivity index (χ0v) is 13.3. The number of benzene rings is 2. The highest BCUT2D eigenvalue weighted by molar-refractivity contribution is 7.92. The minimum absolute atomic E-state index is 0.285. The van der Waals surface area contributed by atoms with E-state index in [0.29, 0.717) is 5.69 Å². The Hall–Kier alpha value is -2.01. The first kappa shape index (κ1) is 15.4. The Kier molecular flexibility index (Phi) is 4.53. The van der Waals surface area contributed by atoms with Gasteiger partial charge in [0.25, 0.3) is 10.0 Å². The van der Waals surface area contributed by atoms with Crippen molar-refractivity contribution < 1.29 is 8.42 Å². The average molecular weight is 304 g/mol. The van der Waals surface area contributed by atoms with Crippen molar-refractivity contribution in [3.63, 3.8) is 0 Å². The van der Waals surface area contributed by atoms with Crippen LogP contribution in [-0.2, 0) is 10.0 Å². The minimum atomic E-state index is -3.53. The zero-order valence-electron chi connectivity index (χ0n) is 12.5. The van der Waals surface area contributed by atoms with Crippen molar-refractivity contribution in [2.45, 2.75) is 18.7 Å². The minimum Gasteiger partial charge on any atom is -0.385 e. The SMILES string of the molecule is CCNc1ccc(S(=O)(=O)N(C)c2cccc(C)c2)cc1. The van der Waals surface area contributed by atoms with Gasteiger partial charge in [0, 0.05) is 19.3 Å². The van der Waals surface area contributed by atoms with Crippen molar-refractivity contribution in [2.75, 3.05) is 23.2 Å². The fourth-order valence-corrected chi connectivity index (χ4v) is 3.26. The van der Waals surface area contributed by atoms with E-state index in [2.05, 4.69) is 5.32 Å². The fourth-order valence-electron chi connectivity index (χ4n) is 2.07. The second kappa shape index (κ2) is 6.18. The molecule has 0 amide bonds. The number of aryl methyl sites for hydroxylation is 1. The van der Waals surface area contributed by atoms with Gasteiger partial charge in [-0.05, 0) is 55.8 Å². The lowest BCUT2D eigenvalue weighted by atomic mass is 10.2. The molecular weight excluding hydrogens is 284 g/mol. The number of nitrogens with one attached hydrogen (secondary N) is 1. The predicted octanol–water partition coefficient (Wildman–Crippen LogP) is 3.25. The Labute approximate surface area is 126 Å². The molecule has 0 fully saturated rings. The lowest BCUT2D eigenvalue weighted by Gasteiger charge is -2.20. The molecule has 0 spiro atoms. The quantitative estimate of drug-likeness (QED) is 0.922.